The second-order valence-electron chi connectivity index (χ2n) is 6.54. The number of hydrogen-bond donors (Lipinski definition) is 1. The summed E-state index contributed by atoms with van der Waals surface area (Å²) in [7, 11) is 2.00. The molecule has 1 aliphatic rings. The van der Waals surface area contributed by atoms with Crippen molar-refractivity contribution in [3.63, 3.8) is 0 Å². The Morgan fingerprint density at radius 2 is 2.00 bits per heavy atom. The third kappa shape index (κ3) is 3.96. The van der Waals surface area contributed by atoms with Crippen molar-refractivity contribution in [1.82, 2.24) is 20.0 Å². The first-order chi connectivity index (χ1) is 10.7. The van der Waals surface area contributed by atoms with E-state index in [4.69, 9.17) is 0 Å². The average molecular weight is 298 g/mol. The van der Waals surface area contributed by atoms with Crippen LogP contribution in [-0.2, 0) is 20.1 Å². The normalized spacial score (nSPS) is 22.8. The lowest BCUT2D eigenvalue weighted by atomic mass is 9.95. The second kappa shape index (κ2) is 7.07. The van der Waals surface area contributed by atoms with Crippen molar-refractivity contribution in [3.05, 3.63) is 53.9 Å². The van der Waals surface area contributed by atoms with Gasteiger partial charge in [0.1, 0.15) is 0 Å². The van der Waals surface area contributed by atoms with Crippen molar-refractivity contribution < 1.29 is 0 Å². The number of aromatic nitrogens is 2. The molecule has 0 radical (unpaired) electrons. The molecule has 4 nitrogen and oxygen atoms in total. The predicted molar refractivity (Wildman–Crippen MR) is 89.3 cm³/mol. The molecule has 1 fully saturated rings. The Bertz CT molecular complexity index is 578. The van der Waals surface area contributed by atoms with Gasteiger partial charge >= 0.3 is 0 Å². The van der Waals surface area contributed by atoms with E-state index in [-0.39, 0.29) is 0 Å². The van der Waals surface area contributed by atoms with E-state index in [0.717, 1.165) is 25.6 Å². The number of rotatable bonds is 5. The molecule has 2 aromatic rings. The maximum atomic E-state index is 4.23. The van der Waals surface area contributed by atoms with Crippen LogP contribution in [-0.4, -0.2) is 33.8 Å². The standard InChI is InChI=1S/C18H26N4/c1-15-10-17(19-11-18-8-9-20-21(18)2)14-22(12-15)13-16-6-4-3-5-7-16/h3-9,15,17,19H,10-14H2,1-2H3. The highest BCUT2D eigenvalue weighted by Gasteiger charge is 2.24. The fourth-order valence-electron chi connectivity index (χ4n) is 3.40. The van der Waals surface area contributed by atoms with Crippen LogP contribution in [0.4, 0.5) is 0 Å². The van der Waals surface area contributed by atoms with E-state index in [0.29, 0.717) is 6.04 Å². The van der Waals surface area contributed by atoms with Crippen molar-refractivity contribution >= 4 is 0 Å². The predicted octanol–water partition coefficient (Wildman–Crippen LogP) is 2.42. The van der Waals surface area contributed by atoms with Gasteiger partial charge in [0.05, 0.1) is 5.69 Å². The largest absolute Gasteiger partial charge is 0.307 e. The summed E-state index contributed by atoms with van der Waals surface area (Å²) < 4.78 is 1.95. The highest BCUT2D eigenvalue weighted by Crippen LogP contribution is 2.19. The molecule has 0 aliphatic carbocycles. The molecule has 118 valence electrons. The number of piperidine rings is 1. The highest BCUT2D eigenvalue weighted by molar-refractivity contribution is 5.14. The zero-order chi connectivity index (χ0) is 15.4. The minimum absolute atomic E-state index is 0.558. The van der Waals surface area contributed by atoms with Gasteiger partial charge in [0, 0.05) is 45.5 Å². The quantitative estimate of drug-likeness (QED) is 0.920. The maximum absolute atomic E-state index is 4.23. The zero-order valence-electron chi connectivity index (χ0n) is 13.6. The van der Waals surface area contributed by atoms with Gasteiger partial charge in [-0.15, -0.1) is 0 Å². The number of aryl methyl sites for hydroxylation is 1. The molecule has 2 atom stereocenters. The lowest BCUT2D eigenvalue weighted by Crippen LogP contribution is -2.48. The SMILES string of the molecule is CC1CC(NCc2ccnn2C)CN(Cc2ccccc2)C1. The molecular formula is C18H26N4. The first-order valence-electron chi connectivity index (χ1n) is 8.17. The van der Waals surface area contributed by atoms with Crippen LogP contribution in [0, 0.1) is 5.92 Å². The third-order valence-corrected chi connectivity index (χ3v) is 4.48. The number of hydrogen-bond acceptors (Lipinski definition) is 3. The summed E-state index contributed by atoms with van der Waals surface area (Å²) in [6, 6.07) is 13.4. The van der Waals surface area contributed by atoms with E-state index in [1.54, 1.807) is 0 Å². The Hall–Kier alpha value is -1.65. The average Bonchev–Trinajstić information content (AvgIpc) is 2.91. The van der Waals surface area contributed by atoms with Crippen molar-refractivity contribution in [2.45, 2.75) is 32.5 Å². The Labute approximate surface area is 133 Å². The van der Waals surface area contributed by atoms with E-state index in [1.165, 1.54) is 24.2 Å². The summed E-state index contributed by atoms with van der Waals surface area (Å²) in [5.74, 6) is 0.737. The van der Waals surface area contributed by atoms with Crippen LogP contribution in [0.5, 0.6) is 0 Å². The number of nitrogens with one attached hydrogen (secondary N) is 1. The molecular weight excluding hydrogens is 272 g/mol. The molecule has 1 saturated heterocycles. The van der Waals surface area contributed by atoms with Gasteiger partial charge in [-0.2, -0.15) is 5.10 Å². The topological polar surface area (TPSA) is 33.1 Å². The van der Waals surface area contributed by atoms with Gasteiger partial charge in [-0.1, -0.05) is 37.3 Å². The third-order valence-electron chi connectivity index (χ3n) is 4.48. The number of likely N-dealkylation sites (tertiary alicyclic amines) is 1. The highest BCUT2D eigenvalue weighted by atomic mass is 15.3. The molecule has 1 aromatic heterocycles. The Kier molecular flexibility index (Phi) is 4.90. The van der Waals surface area contributed by atoms with Crippen LogP contribution < -0.4 is 5.32 Å². The summed E-state index contributed by atoms with van der Waals surface area (Å²) in [4.78, 5) is 2.57. The summed E-state index contributed by atoms with van der Waals surface area (Å²) in [6.45, 7) is 6.62. The van der Waals surface area contributed by atoms with Crippen molar-refractivity contribution in [3.8, 4) is 0 Å². The molecule has 0 saturated carbocycles. The lowest BCUT2D eigenvalue weighted by molar-refractivity contribution is 0.141. The summed E-state index contributed by atoms with van der Waals surface area (Å²) >= 11 is 0. The molecule has 1 N–H and O–H groups in total. The minimum Gasteiger partial charge on any atom is -0.307 e. The van der Waals surface area contributed by atoms with Crippen LogP contribution in [0.25, 0.3) is 0 Å². The van der Waals surface area contributed by atoms with E-state index in [1.807, 2.05) is 17.9 Å². The zero-order valence-corrected chi connectivity index (χ0v) is 13.6. The first-order valence-corrected chi connectivity index (χ1v) is 8.17. The smallest absolute Gasteiger partial charge is 0.0518 e. The molecule has 4 heteroatoms. The van der Waals surface area contributed by atoms with E-state index < -0.39 is 0 Å². The number of nitrogens with zero attached hydrogens (tertiary/aromatic N) is 3. The van der Waals surface area contributed by atoms with Crippen molar-refractivity contribution in [2.75, 3.05) is 13.1 Å². The van der Waals surface area contributed by atoms with Crippen LogP contribution in [0.1, 0.15) is 24.6 Å². The summed E-state index contributed by atoms with van der Waals surface area (Å²) in [5.41, 5.74) is 2.65. The van der Waals surface area contributed by atoms with Crippen LogP contribution in [0.15, 0.2) is 42.6 Å². The van der Waals surface area contributed by atoms with Crippen LogP contribution >= 0.6 is 0 Å². The second-order valence-corrected chi connectivity index (χ2v) is 6.54. The van der Waals surface area contributed by atoms with Crippen LogP contribution in [0.3, 0.4) is 0 Å². The van der Waals surface area contributed by atoms with Crippen molar-refractivity contribution in [2.24, 2.45) is 13.0 Å². The molecule has 1 aliphatic heterocycles. The van der Waals surface area contributed by atoms with Gasteiger partial charge in [-0.25, -0.2) is 0 Å². The van der Waals surface area contributed by atoms with Gasteiger partial charge in [-0.05, 0) is 24.0 Å². The van der Waals surface area contributed by atoms with Gasteiger partial charge in [0.2, 0.25) is 0 Å². The fraction of sp³-hybridized carbons (Fsp3) is 0.500. The van der Waals surface area contributed by atoms with Gasteiger partial charge < -0.3 is 5.32 Å². The monoisotopic (exact) mass is 298 g/mol. The molecule has 22 heavy (non-hydrogen) atoms. The fourth-order valence-corrected chi connectivity index (χ4v) is 3.40. The molecule has 0 bridgehead atoms. The maximum Gasteiger partial charge on any atom is 0.0518 e. The summed E-state index contributed by atoms with van der Waals surface area (Å²) in [6.07, 6.45) is 3.12. The Morgan fingerprint density at radius 3 is 2.73 bits per heavy atom. The summed E-state index contributed by atoms with van der Waals surface area (Å²) in [5, 5.41) is 7.94. The van der Waals surface area contributed by atoms with Crippen LogP contribution in [0.2, 0.25) is 0 Å². The molecule has 0 spiro atoms. The lowest BCUT2D eigenvalue weighted by Gasteiger charge is -2.37. The van der Waals surface area contributed by atoms with E-state index in [2.05, 4.69) is 58.6 Å². The van der Waals surface area contributed by atoms with Gasteiger partial charge in [-0.3, -0.25) is 9.58 Å². The molecule has 1 aromatic carbocycles. The van der Waals surface area contributed by atoms with Crippen molar-refractivity contribution in [1.29, 1.82) is 0 Å². The molecule has 3 rings (SSSR count). The minimum atomic E-state index is 0.558. The number of benzene rings is 1. The van der Waals surface area contributed by atoms with E-state index >= 15 is 0 Å². The Morgan fingerprint density at radius 1 is 1.18 bits per heavy atom. The first kappa shape index (κ1) is 15.3. The van der Waals surface area contributed by atoms with E-state index in [9.17, 15) is 0 Å². The van der Waals surface area contributed by atoms with Gasteiger partial charge in [0.15, 0.2) is 0 Å². The molecule has 2 unspecified atom stereocenters. The van der Waals surface area contributed by atoms with Gasteiger partial charge in [0.25, 0.3) is 0 Å². The molecule has 2 heterocycles. The molecule has 0 amide bonds. The Balaban J connectivity index is 1.55.